The third-order valence-corrected chi connectivity index (χ3v) is 6.38. The SMILES string of the molecule is CC(=O)Nc1cccc(-c2ccc3c(c2)C2(CCOCC2)CN3C(=O)c2cc[nH]c2)c1. The monoisotopic (exact) mass is 415 g/mol. The zero-order valence-corrected chi connectivity index (χ0v) is 17.5. The smallest absolute Gasteiger partial charge is 0.259 e. The summed E-state index contributed by atoms with van der Waals surface area (Å²) in [6.45, 7) is 3.58. The number of carbonyl (C=O) groups is 2. The molecule has 158 valence electrons. The number of aromatic amines is 1. The lowest BCUT2D eigenvalue weighted by atomic mass is 9.75. The van der Waals surface area contributed by atoms with Crippen LogP contribution in [-0.2, 0) is 14.9 Å². The molecule has 2 aromatic carbocycles. The molecule has 0 atom stereocenters. The first-order valence-corrected chi connectivity index (χ1v) is 10.6. The van der Waals surface area contributed by atoms with Gasteiger partial charge in [-0.05, 0) is 59.9 Å². The molecule has 1 fully saturated rings. The molecule has 2 aliphatic heterocycles. The molecular formula is C25H25N3O3. The first-order valence-electron chi connectivity index (χ1n) is 10.6. The van der Waals surface area contributed by atoms with E-state index in [2.05, 4.69) is 28.5 Å². The number of H-pyrrole nitrogens is 1. The Morgan fingerprint density at radius 3 is 2.61 bits per heavy atom. The largest absolute Gasteiger partial charge is 0.381 e. The topological polar surface area (TPSA) is 74.4 Å². The van der Waals surface area contributed by atoms with Crippen molar-refractivity contribution in [2.45, 2.75) is 25.2 Å². The van der Waals surface area contributed by atoms with Gasteiger partial charge in [-0.15, -0.1) is 0 Å². The summed E-state index contributed by atoms with van der Waals surface area (Å²) in [6, 6.07) is 16.0. The summed E-state index contributed by atoms with van der Waals surface area (Å²) < 4.78 is 5.66. The molecule has 6 nitrogen and oxygen atoms in total. The fourth-order valence-corrected chi connectivity index (χ4v) is 4.81. The Hall–Kier alpha value is -3.38. The van der Waals surface area contributed by atoms with Crippen LogP contribution in [0.4, 0.5) is 11.4 Å². The number of rotatable bonds is 3. The lowest BCUT2D eigenvalue weighted by Crippen LogP contribution is -2.40. The standard InChI is InChI=1S/C25H25N3O3/c1-17(29)27-21-4-2-3-18(13-21)19-5-6-23-22(14-19)25(8-11-31-12-9-25)16-28(23)24(30)20-7-10-26-15-20/h2-7,10,13-15,26H,8-9,11-12,16H2,1H3,(H,27,29). The second-order valence-electron chi connectivity index (χ2n) is 8.38. The lowest BCUT2D eigenvalue weighted by molar-refractivity contribution is -0.114. The number of hydrogen-bond donors (Lipinski definition) is 2. The van der Waals surface area contributed by atoms with Crippen molar-refractivity contribution in [3.8, 4) is 11.1 Å². The molecule has 2 amide bonds. The van der Waals surface area contributed by atoms with E-state index < -0.39 is 0 Å². The number of nitrogens with one attached hydrogen (secondary N) is 2. The average Bonchev–Trinajstić information content (AvgIpc) is 3.41. The van der Waals surface area contributed by atoms with Gasteiger partial charge >= 0.3 is 0 Å². The van der Waals surface area contributed by atoms with Gasteiger partial charge in [0.15, 0.2) is 0 Å². The van der Waals surface area contributed by atoms with E-state index in [-0.39, 0.29) is 17.2 Å². The van der Waals surface area contributed by atoms with Gasteiger partial charge in [-0.3, -0.25) is 9.59 Å². The number of carbonyl (C=O) groups excluding carboxylic acids is 2. The van der Waals surface area contributed by atoms with Gasteiger partial charge in [0.05, 0.1) is 5.56 Å². The van der Waals surface area contributed by atoms with Gasteiger partial charge in [0, 0.05) is 55.9 Å². The van der Waals surface area contributed by atoms with Crippen LogP contribution >= 0.6 is 0 Å². The molecule has 3 heterocycles. The van der Waals surface area contributed by atoms with E-state index in [1.807, 2.05) is 35.2 Å². The summed E-state index contributed by atoms with van der Waals surface area (Å²) >= 11 is 0. The molecule has 31 heavy (non-hydrogen) atoms. The number of fused-ring (bicyclic) bond motifs is 2. The molecule has 0 saturated carbocycles. The minimum Gasteiger partial charge on any atom is -0.381 e. The van der Waals surface area contributed by atoms with Crippen molar-refractivity contribution in [1.82, 2.24) is 4.98 Å². The zero-order chi connectivity index (χ0) is 21.4. The van der Waals surface area contributed by atoms with Crippen molar-refractivity contribution >= 4 is 23.2 Å². The maximum absolute atomic E-state index is 13.2. The molecule has 0 bridgehead atoms. The highest BCUT2D eigenvalue weighted by atomic mass is 16.5. The van der Waals surface area contributed by atoms with Crippen LogP contribution in [0.2, 0.25) is 0 Å². The molecular weight excluding hydrogens is 390 g/mol. The fraction of sp³-hybridized carbons (Fsp3) is 0.280. The van der Waals surface area contributed by atoms with Gasteiger partial charge in [0.25, 0.3) is 5.91 Å². The number of ether oxygens (including phenoxy) is 1. The summed E-state index contributed by atoms with van der Waals surface area (Å²) in [5.41, 5.74) is 5.65. The summed E-state index contributed by atoms with van der Waals surface area (Å²) in [7, 11) is 0. The predicted octanol–water partition coefficient (Wildman–Crippen LogP) is 4.35. The van der Waals surface area contributed by atoms with Crippen molar-refractivity contribution in [3.63, 3.8) is 0 Å². The Bertz CT molecular complexity index is 1130. The second kappa shape index (κ2) is 7.71. The molecule has 0 radical (unpaired) electrons. The highest BCUT2D eigenvalue weighted by Crippen LogP contribution is 2.48. The zero-order valence-electron chi connectivity index (χ0n) is 17.5. The number of aromatic nitrogens is 1. The average molecular weight is 415 g/mol. The van der Waals surface area contributed by atoms with Crippen LogP contribution in [0.15, 0.2) is 60.9 Å². The molecule has 1 aromatic heterocycles. The quantitative estimate of drug-likeness (QED) is 0.668. The minimum atomic E-state index is -0.0925. The highest BCUT2D eigenvalue weighted by Gasteiger charge is 2.45. The number of anilines is 2. The second-order valence-corrected chi connectivity index (χ2v) is 8.38. The molecule has 6 heteroatoms. The molecule has 1 spiro atoms. The molecule has 2 N–H and O–H groups in total. The normalized spacial score (nSPS) is 16.9. The van der Waals surface area contributed by atoms with Crippen molar-refractivity contribution < 1.29 is 14.3 Å². The van der Waals surface area contributed by atoms with Crippen molar-refractivity contribution in [1.29, 1.82) is 0 Å². The van der Waals surface area contributed by atoms with E-state index in [0.717, 1.165) is 35.3 Å². The van der Waals surface area contributed by atoms with Gasteiger partial charge in [-0.2, -0.15) is 0 Å². The Morgan fingerprint density at radius 1 is 1.06 bits per heavy atom. The van der Waals surface area contributed by atoms with Crippen LogP contribution in [0.1, 0.15) is 35.7 Å². The maximum atomic E-state index is 13.2. The van der Waals surface area contributed by atoms with Crippen LogP contribution in [0.3, 0.4) is 0 Å². The Labute approximate surface area is 181 Å². The van der Waals surface area contributed by atoms with Gasteiger partial charge in [0.1, 0.15) is 0 Å². The Kier molecular flexibility index (Phi) is 4.87. The number of amides is 2. The predicted molar refractivity (Wildman–Crippen MR) is 120 cm³/mol. The first-order chi connectivity index (χ1) is 15.1. The molecule has 2 aliphatic rings. The third kappa shape index (κ3) is 3.53. The molecule has 0 unspecified atom stereocenters. The lowest BCUT2D eigenvalue weighted by Gasteiger charge is -2.34. The van der Waals surface area contributed by atoms with E-state index in [1.54, 1.807) is 12.4 Å². The van der Waals surface area contributed by atoms with Crippen LogP contribution < -0.4 is 10.2 Å². The molecule has 1 saturated heterocycles. The summed E-state index contributed by atoms with van der Waals surface area (Å²) in [5, 5.41) is 2.85. The highest BCUT2D eigenvalue weighted by molar-refractivity contribution is 6.08. The molecule has 0 aliphatic carbocycles. The maximum Gasteiger partial charge on any atom is 0.259 e. The third-order valence-electron chi connectivity index (χ3n) is 6.38. The van der Waals surface area contributed by atoms with Crippen LogP contribution in [-0.4, -0.2) is 36.6 Å². The van der Waals surface area contributed by atoms with Crippen LogP contribution in [0.5, 0.6) is 0 Å². The van der Waals surface area contributed by atoms with Crippen molar-refractivity contribution in [3.05, 3.63) is 72.1 Å². The molecule has 5 rings (SSSR count). The number of nitrogens with zero attached hydrogens (tertiary/aromatic N) is 1. The van der Waals surface area contributed by atoms with Crippen molar-refractivity contribution in [2.24, 2.45) is 0 Å². The van der Waals surface area contributed by atoms with Gasteiger partial charge < -0.3 is 19.9 Å². The van der Waals surface area contributed by atoms with Gasteiger partial charge in [-0.25, -0.2) is 0 Å². The van der Waals surface area contributed by atoms with E-state index in [9.17, 15) is 9.59 Å². The summed E-state index contributed by atoms with van der Waals surface area (Å²) in [5.74, 6) is -0.0718. The van der Waals surface area contributed by atoms with Gasteiger partial charge in [0.2, 0.25) is 5.91 Å². The Balaban J connectivity index is 1.57. The van der Waals surface area contributed by atoms with E-state index in [0.29, 0.717) is 25.3 Å². The first kappa shape index (κ1) is 19.6. The molecule has 3 aromatic rings. The minimum absolute atomic E-state index is 0.0197. The van der Waals surface area contributed by atoms with Crippen molar-refractivity contribution in [2.75, 3.05) is 30.0 Å². The van der Waals surface area contributed by atoms with Crippen LogP contribution in [0, 0.1) is 0 Å². The van der Waals surface area contributed by atoms with Crippen LogP contribution in [0.25, 0.3) is 11.1 Å². The summed E-state index contributed by atoms with van der Waals surface area (Å²) in [4.78, 5) is 29.6. The fourth-order valence-electron chi connectivity index (χ4n) is 4.81. The summed E-state index contributed by atoms with van der Waals surface area (Å²) in [6.07, 6.45) is 5.32. The van der Waals surface area contributed by atoms with E-state index in [4.69, 9.17) is 4.74 Å². The van der Waals surface area contributed by atoms with E-state index >= 15 is 0 Å². The Morgan fingerprint density at radius 2 is 1.87 bits per heavy atom. The van der Waals surface area contributed by atoms with E-state index in [1.165, 1.54) is 12.5 Å². The number of benzene rings is 2. The van der Waals surface area contributed by atoms with Gasteiger partial charge in [-0.1, -0.05) is 18.2 Å². The number of hydrogen-bond acceptors (Lipinski definition) is 3.